The first kappa shape index (κ1) is 31.1. The predicted molar refractivity (Wildman–Crippen MR) is 145 cm³/mol. The molecule has 2 spiro atoms. The molecule has 10 N–H and O–H groups in total. The van der Waals surface area contributed by atoms with Crippen LogP contribution in [0.2, 0.25) is 0 Å². The van der Waals surface area contributed by atoms with E-state index in [9.17, 15) is 10.2 Å². The number of nitrogens with zero attached hydrogens (tertiary/aromatic N) is 1. The molecule has 1 saturated heterocycles. The van der Waals surface area contributed by atoms with E-state index in [-0.39, 0.29) is 55.9 Å². The van der Waals surface area contributed by atoms with Gasteiger partial charge in [0.25, 0.3) is 0 Å². The average Bonchev–Trinajstić information content (AvgIpc) is 3.53. The highest BCUT2D eigenvalue weighted by molar-refractivity contribution is 5.63. The van der Waals surface area contributed by atoms with Crippen molar-refractivity contribution < 1.29 is 41.6 Å². The van der Waals surface area contributed by atoms with Crippen molar-refractivity contribution in [1.82, 2.24) is 4.90 Å². The highest BCUT2D eigenvalue weighted by Gasteiger charge is 2.82. The fourth-order valence-corrected chi connectivity index (χ4v) is 9.58. The Morgan fingerprint density at radius 1 is 1.05 bits per heavy atom. The molecule has 1 aromatic rings. The smallest absolute Gasteiger partial charge is 0.165 e. The third kappa shape index (κ3) is 3.24. The summed E-state index contributed by atoms with van der Waals surface area (Å²) in [7, 11) is 1.83. The van der Waals surface area contributed by atoms with Gasteiger partial charge in [-0.1, -0.05) is 26.8 Å². The minimum atomic E-state index is -0.909. The lowest BCUT2D eigenvalue weighted by molar-refractivity contribution is -0.312. The number of piperidine rings is 1. The Morgan fingerprint density at radius 2 is 1.74 bits per heavy atom. The molecule has 7 aliphatic rings. The van der Waals surface area contributed by atoms with Gasteiger partial charge in [0.1, 0.15) is 11.7 Å². The van der Waals surface area contributed by atoms with Crippen molar-refractivity contribution in [2.45, 2.75) is 101 Å². The first-order valence-corrected chi connectivity index (χ1v) is 13.6. The molecule has 218 valence electrons. The van der Waals surface area contributed by atoms with Crippen molar-refractivity contribution in [2.75, 3.05) is 20.2 Å². The third-order valence-corrected chi connectivity index (χ3v) is 11.9. The second kappa shape index (κ2) is 9.03. The second-order valence-corrected chi connectivity index (χ2v) is 13.8. The number of aliphatic hydroxyl groups is 1. The molecule has 0 unspecified atom stereocenters. The van der Waals surface area contributed by atoms with E-state index in [0.29, 0.717) is 11.8 Å². The molecule has 0 aromatic heterocycles. The fourth-order valence-electron chi connectivity index (χ4n) is 9.58. The molecule has 5 fully saturated rings. The van der Waals surface area contributed by atoms with Gasteiger partial charge in [-0.2, -0.15) is 0 Å². The van der Waals surface area contributed by atoms with Crippen LogP contribution in [0.15, 0.2) is 12.1 Å². The number of likely N-dealkylation sites (tertiary alicyclic amines) is 1. The maximum absolute atomic E-state index is 12.2. The summed E-state index contributed by atoms with van der Waals surface area (Å²) in [5.41, 5.74) is 0.783. The summed E-state index contributed by atoms with van der Waals surface area (Å²) < 4.78 is 13.5. The second-order valence-electron chi connectivity index (χ2n) is 13.8. The Morgan fingerprint density at radius 3 is 2.34 bits per heavy atom. The lowest BCUT2D eigenvalue weighted by Crippen LogP contribution is -2.83. The Labute approximate surface area is 225 Å². The van der Waals surface area contributed by atoms with Gasteiger partial charge in [0.15, 0.2) is 11.5 Å². The van der Waals surface area contributed by atoms with E-state index in [1.165, 1.54) is 30.5 Å². The lowest BCUT2D eigenvalue weighted by Gasteiger charge is -2.75. The first-order valence-electron chi connectivity index (χ1n) is 13.6. The molecular formula is C29H49NO8. The van der Waals surface area contributed by atoms with E-state index in [4.69, 9.17) is 9.47 Å². The number of phenolic OH excluding ortho intramolecular Hbond substituents is 1. The fraction of sp³-hybridized carbons (Fsp3) is 0.793. The molecule has 8 rings (SSSR count). The average molecular weight is 540 g/mol. The number of hydrogen-bond donors (Lipinski definition) is 2. The summed E-state index contributed by atoms with van der Waals surface area (Å²) in [5.74, 6) is 1.80. The van der Waals surface area contributed by atoms with Gasteiger partial charge in [0.05, 0.1) is 5.60 Å². The number of hydrogen-bond acceptors (Lipinski definition) is 5. The number of ether oxygens (including phenoxy) is 2. The van der Waals surface area contributed by atoms with Gasteiger partial charge in [-0.25, -0.2) is 0 Å². The molecule has 2 aliphatic heterocycles. The maximum atomic E-state index is 12.2. The Kier molecular flexibility index (Phi) is 7.38. The van der Waals surface area contributed by atoms with Crippen LogP contribution in [0.3, 0.4) is 0 Å². The summed E-state index contributed by atoms with van der Waals surface area (Å²) in [5, 5.41) is 23.2. The zero-order valence-electron chi connectivity index (χ0n) is 23.5. The molecule has 4 bridgehead atoms. The summed E-state index contributed by atoms with van der Waals surface area (Å²) in [4.78, 5) is 2.82. The van der Waals surface area contributed by atoms with Crippen molar-refractivity contribution in [3.63, 3.8) is 0 Å². The standard InChI is InChI=1S/C29H41NO4.4H2O/c1-25(2,3)26(4,32)20-15-27-10-11-29(20,33-5)24-28(27)12-13-30(16-17-6-7-17)21(27)14-18-8-9-19(31)23(34-24)22(18)28;;;;/h8-9,17,20-21,24,31-32H,6-7,10-16H2,1-5H3;4*1H2/t20-,21-,24-,26+,27-,28+,29-;;;;/m1..../s1. The van der Waals surface area contributed by atoms with Crippen molar-refractivity contribution in [2.24, 2.45) is 22.7 Å². The van der Waals surface area contributed by atoms with E-state index < -0.39 is 11.2 Å². The predicted octanol–water partition coefficient (Wildman–Crippen LogP) is 1.12. The molecule has 4 saturated carbocycles. The zero-order valence-corrected chi connectivity index (χ0v) is 23.5. The van der Waals surface area contributed by atoms with Crippen LogP contribution in [0.5, 0.6) is 11.5 Å². The summed E-state index contributed by atoms with van der Waals surface area (Å²) >= 11 is 0. The van der Waals surface area contributed by atoms with Crippen LogP contribution in [0.4, 0.5) is 0 Å². The molecule has 9 heteroatoms. The number of phenols is 1. The lowest BCUT2D eigenvalue weighted by atomic mass is 9.33. The minimum absolute atomic E-state index is 0. The largest absolute Gasteiger partial charge is 0.504 e. The van der Waals surface area contributed by atoms with Crippen molar-refractivity contribution >= 4 is 0 Å². The molecule has 0 radical (unpaired) electrons. The number of fused-ring (bicyclic) bond motifs is 2. The molecule has 1 aromatic carbocycles. The minimum Gasteiger partial charge on any atom is -0.504 e. The molecule has 5 aliphatic carbocycles. The van der Waals surface area contributed by atoms with Crippen molar-refractivity contribution in [3.8, 4) is 11.5 Å². The van der Waals surface area contributed by atoms with Gasteiger partial charge in [0, 0.05) is 42.0 Å². The van der Waals surface area contributed by atoms with Crippen molar-refractivity contribution in [3.05, 3.63) is 23.3 Å². The van der Waals surface area contributed by atoms with Gasteiger partial charge >= 0.3 is 0 Å². The normalized spacial score (nSPS) is 39.3. The van der Waals surface area contributed by atoms with Crippen LogP contribution in [-0.4, -0.2) is 80.6 Å². The Hall–Kier alpha value is -1.46. The number of rotatable bonds is 4. The number of benzene rings is 1. The topological polar surface area (TPSA) is 188 Å². The molecular weight excluding hydrogens is 490 g/mol. The van der Waals surface area contributed by atoms with Crippen LogP contribution < -0.4 is 4.74 Å². The van der Waals surface area contributed by atoms with E-state index in [2.05, 4.69) is 31.7 Å². The van der Waals surface area contributed by atoms with E-state index >= 15 is 0 Å². The molecule has 9 nitrogen and oxygen atoms in total. The monoisotopic (exact) mass is 539 g/mol. The summed E-state index contributed by atoms with van der Waals surface area (Å²) in [6.07, 6.45) is 7.64. The summed E-state index contributed by atoms with van der Waals surface area (Å²) in [6, 6.07) is 4.46. The van der Waals surface area contributed by atoms with Gasteiger partial charge in [-0.15, -0.1) is 0 Å². The van der Waals surface area contributed by atoms with Gasteiger partial charge in [-0.05, 0) is 81.4 Å². The highest BCUT2D eigenvalue weighted by Crippen LogP contribution is 2.78. The quantitative estimate of drug-likeness (QED) is 0.579. The number of methoxy groups -OCH3 is 1. The van der Waals surface area contributed by atoms with Crippen LogP contribution in [-0.2, 0) is 16.6 Å². The molecule has 2 heterocycles. The first-order chi connectivity index (χ1) is 16.0. The zero-order chi connectivity index (χ0) is 23.9. The van der Waals surface area contributed by atoms with Crippen molar-refractivity contribution in [1.29, 1.82) is 0 Å². The molecule has 7 atom stereocenters. The van der Waals surface area contributed by atoms with Crippen LogP contribution >= 0.6 is 0 Å². The van der Waals surface area contributed by atoms with Crippen LogP contribution in [0.1, 0.15) is 77.3 Å². The highest BCUT2D eigenvalue weighted by atomic mass is 16.6. The molecule has 38 heavy (non-hydrogen) atoms. The third-order valence-electron chi connectivity index (χ3n) is 11.9. The van der Waals surface area contributed by atoms with Gasteiger partial charge < -0.3 is 41.6 Å². The SMILES string of the molecule is CO[C@]12CC[C@@]3(C[C@@H]1[C@](C)(O)C(C)(C)C)[C@H]1Cc4ccc(O)c5c4[C@@]3(CCN1CC1CC1)[C@H]2O5.O.O.O.O. The molecule has 0 amide bonds. The van der Waals surface area contributed by atoms with Gasteiger partial charge in [0.2, 0.25) is 0 Å². The Balaban J connectivity index is 0.000001000. The van der Waals surface area contributed by atoms with Crippen LogP contribution in [0.25, 0.3) is 0 Å². The van der Waals surface area contributed by atoms with E-state index in [0.717, 1.165) is 44.6 Å². The number of aromatic hydroxyl groups is 1. The Bertz CT molecular complexity index is 1070. The van der Waals surface area contributed by atoms with E-state index in [1.54, 1.807) is 0 Å². The maximum Gasteiger partial charge on any atom is 0.165 e. The van der Waals surface area contributed by atoms with Gasteiger partial charge in [-0.3, -0.25) is 4.90 Å². The van der Waals surface area contributed by atoms with E-state index in [1.807, 2.05) is 20.1 Å². The van der Waals surface area contributed by atoms with Crippen LogP contribution in [0, 0.1) is 22.7 Å². The summed E-state index contributed by atoms with van der Waals surface area (Å²) in [6.45, 7) is 10.8.